The number of methoxy groups -OCH3 is 1. The highest BCUT2D eigenvalue weighted by atomic mass is 35.5. The van der Waals surface area contributed by atoms with E-state index in [1.54, 1.807) is 25.3 Å². The molecule has 1 heterocycles. The van der Waals surface area contributed by atoms with Gasteiger partial charge in [-0.25, -0.2) is 0 Å². The summed E-state index contributed by atoms with van der Waals surface area (Å²) in [6, 6.07) is 5.19. The van der Waals surface area contributed by atoms with Crippen LogP contribution in [0.25, 0.3) is 0 Å². The molecule has 0 spiro atoms. The van der Waals surface area contributed by atoms with E-state index < -0.39 is 0 Å². The fourth-order valence-electron chi connectivity index (χ4n) is 2.25. The van der Waals surface area contributed by atoms with Crippen LogP contribution in [0.1, 0.15) is 29.6 Å². The van der Waals surface area contributed by atoms with Crippen molar-refractivity contribution in [3.8, 4) is 5.75 Å². The number of rotatable bonds is 4. The molecule has 0 unspecified atom stereocenters. The van der Waals surface area contributed by atoms with Crippen LogP contribution in [0.2, 0.25) is 5.02 Å². The van der Waals surface area contributed by atoms with Crippen molar-refractivity contribution >= 4 is 17.4 Å². The van der Waals surface area contributed by atoms with E-state index in [-0.39, 0.29) is 5.78 Å². The average molecular weight is 268 g/mol. The van der Waals surface area contributed by atoms with Crippen LogP contribution in [0.3, 0.4) is 0 Å². The van der Waals surface area contributed by atoms with E-state index in [1.807, 2.05) is 0 Å². The summed E-state index contributed by atoms with van der Waals surface area (Å²) in [6.07, 6.45) is 3.63. The van der Waals surface area contributed by atoms with Gasteiger partial charge in [0.25, 0.3) is 0 Å². The molecule has 1 saturated heterocycles. The number of likely N-dealkylation sites (tertiary alicyclic amines) is 1. The molecule has 0 bridgehead atoms. The van der Waals surface area contributed by atoms with Crippen molar-refractivity contribution in [3.63, 3.8) is 0 Å². The summed E-state index contributed by atoms with van der Waals surface area (Å²) in [5.74, 6) is 0.738. The van der Waals surface area contributed by atoms with Crippen LogP contribution in [0.15, 0.2) is 18.2 Å². The second-order valence-corrected chi connectivity index (χ2v) is 5.01. The van der Waals surface area contributed by atoms with Crippen molar-refractivity contribution < 1.29 is 9.53 Å². The first-order chi connectivity index (χ1) is 8.70. The van der Waals surface area contributed by atoms with E-state index in [4.69, 9.17) is 16.3 Å². The molecule has 0 aromatic heterocycles. The van der Waals surface area contributed by atoms with Crippen molar-refractivity contribution in [3.05, 3.63) is 28.8 Å². The molecule has 18 heavy (non-hydrogen) atoms. The highest BCUT2D eigenvalue weighted by Crippen LogP contribution is 2.23. The molecule has 0 aliphatic carbocycles. The minimum absolute atomic E-state index is 0.0702. The van der Waals surface area contributed by atoms with Crippen LogP contribution in [0.4, 0.5) is 0 Å². The standard InChI is InChI=1S/C14H18ClNO2/c1-18-11-5-6-13(15)12(9-11)14(17)10-16-7-3-2-4-8-16/h5-6,9H,2-4,7-8,10H2,1H3. The highest BCUT2D eigenvalue weighted by molar-refractivity contribution is 6.34. The molecule has 1 aromatic carbocycles. The largest absolute Gasteiger partial charge is 0.497 e. The molecular weight excluding hydrogens is 250 g/mol. The molecule has 2 rings (SSSR count). The summed E-state index contributed by atoms with van der Waals surface area (Å²) in [4.78, 5) is 14.4. The number of nitrogens with zero attached hydrogens (tertiary/aromatic N) is 1. The van der Waals surface area contributed by atoms with Crippen LogP contribution in [-0.2, 0) is 0 Å². The number of halogens is 1. The molecule has 0 N–H and O–H groups in total. The topological polar surface area (TPSA) is 29.5 Å². The third kappa shape index (κ3) is 3.24. The van der Waals surface area contributed by atoms with E-state index in [0.29, 0.717) is 22.9 Å². The molecule has 0 saturated carbocycles. The minimum Gasteiger partial charge on any atom is -0.497 e. The van der Waals surface area contributed by atoms with Crippen molar-refractivity contribution in [2.75, 3.05) is 26.7 Å². The monoisotopic (exact) mass is 267 g/mol. The molecule has 1 aliphatic heterocycles. The van der Waals surface area contributed by atoms with Gasteiger partial charge in [0.2, 0.25) is 0 Å². The van der Waals surface area contributed by atoms with E-state index in [2.05, 4.69) is 4.90 Å². The van der Waals surface area contributed by atoms with Gasteiger partial charge in [-0.2, -0.15) is 0 Å². The number of ether oxygens (including phenoxy) is 1. The number of hydrogen-bond acceptors (Lipinski definition) is 3. The summed E-state index contributed by atoms with van der Waals surface area (Å²) in [6.45, 7) is 2.47. The number of benzene rings is 1. The zero-order valence-corrected chi connectivity index (χ0v) is 11.4. The molecule has 4 heteroatoms. The predicted octanol–water partition coefficient (Wildman–Crippen LogP) is 3.02. The lowest BCUT2D eigenvalue weighted by molar-refractivity contribution is 0.0915. The quantitative estimate of drug-likeness (QED) is 0.786. The number of carbonyl (C=O) groups excluding carboxylic acids is 1. The van der Waals surface area contributed by atoms with E-state index in [9.17, 15) is 4.79 Å². The summed E-state index contributed by atoms with van der Waals surface area (Å²) >= 11 is 6.07. The maximum atomic E-state index is 12.2. The van der Waals surface area contributed by atoms with E-state index in [1.165, 1.54) is 19.3 Å². The van der Waals surface area contributed by atoms with Gasteiger partial charge in [0, 0.05) is 5.56 Å². The Morgan fingerprint density at radius 3 is 2.72 bits per heavy atom. The van der Waals surface area contributed by atoms with Crippen molar-refractivity contribution in [1.29, 1.82) is 0 Å². The number of hydrogen-bond donors (Lipinski definition) is 0. The Morgan fingerprint density at radius 1 is 1.33 bits per heavy atom. The molecule has 3 nitrogen and oxygen atoms in total. The second kappa shape index (κ2) is 6.21. The average Bonchev–Trinajstić information content (AvgIpc) is 2.40. The summed E-state index contributed by atoms with van der Waals surface area (Å²) in [5.41, 5.74) is 0.557. The van der Waals surface area contributed by atoms with Gasteiger partial charge in [-0.15, -0.1) is 0 Å². The van der Waals surface area contributed by atoms with E-state index >= 15 is 0 Å². The lowest BCUT2D eigenvalue weighted by Gasteiger charge is -2.25. The lowest BCUT2D eigenvalue weighted by atomic mass is 10.1. The minimum atomic E-state index is 0.0702. The molecule has 1 fully saturated rings. The Balaban J connectivity index is 2.07. The second-order valence-electron chi connectivity index (χ2n) is 4.61. The molecule has 98 valence electrons. The van der Waals surface area contributed by atoms with Gasteiger partial charge in [0.05, 0.1) is 18.7 Å². The van der Waals surface area contributed by atoms with Gasteiger partial charge in [-0.1, -0.05) is 18.0 Å². The Kier molecular flexibility index (Phi) is 4.61. The molecular formula is C14H18ClNO2. The summed E-state index contributed by atoms with van der Waals surface area (Å²) in [5, 5.41) is 0.498. The Morgan fingerprint density at radius 2 is 2.06 bits per heavy atom. The zero-order chi connectivity index (χ0) is 13.0. The predicted molar refractivity (Wildman–Crippen MR) is 72.6 cm³/mol. The molecule has 1 aromatic rings. The fraction of sp³-hybridized carbons (Fsp3) is 0.500. The third-order valence-corrected chi connectivity index (χ3v) is 3.62. The van der Waals surface area contributed by atoms with Gasteiger partial charge in [0.15, 0.2) is 5.78 Å². The van der Waals surface area contributed by atoms with Crippen LogP contribution < -0.4 is 4.74 Å². The van der Waals surface area contributed by atoms with Crippen LogP contribution in [-0.4, -0.2) is 37.4 Å². The first-order valence-electron chi connectivity index (χ1n) is 6.30. The van der Waals surface area contributed by atoms with Gasteiger partial charge >= 0.3 is 0 Å². The Hall–Kier alpha value is -1.06. The van der Waals surface area contributed by atoms with Crippen LogP contribution >= 0.6 is 11.6 Å². The molecule has 1 aliphatic rings. The van der Waals surface area contributed by atoms with Gasteiger partial charge in [-0.3, -0.25) is 9.69 Å². The number of Topliss-reactive ketones (excluding diaryl/α,β-unsaturated/α-hetero) is 1. The first-order valence-corrected chi connectivity index (χ1v) is 6.67. The number of carbonyl (C=O) groups is 1. The van der Waals surface area contributed by atoms with Gasteiger partial charge in [-0.05, 0) is 44.1 Å². The Labute approximate surface area is 113 Å². The lowest BCUT2D eigenvalue weighted by Crippen LogP contribution is -2.34. The van der Waals surface area contributed by atoms with Crippen molar-refractivity contribution in [2.45, 2.75) is 19.3 Å². The Bertz CT molecular complexity index is 428. The van der Waals surface area contributed by atoms with Gasteiger partial charge < -0.3 is 4.74 Å². The normalized spacial score (nSPS) is 16.6. The smallest absolute Gasteiger partial charge is 0.178 e. The number of ketones is 1. The molecule has 0 radical (unpaired) electrons. The highest BCUT2D eigenvalue weighted by Gasteiger charge is 2.17. The maximum absolute atomic E-state index is 12.2. The fourth-order valence-corrected chi connectivity index (χ4v) is 2.47. The maximum Gasteiger partial charge on any atom is 0.178 e. The van der Waals surface area contributed by atoms with Crippen LogP contribution in [0, 0.1) is 0 Å². The zero-order valence-electron chi connectivity index (χ0n) is 10.6. The first kappa shape index (κ1) is 13.4. The van der Waals surface area contributed by atoms with Crippen LogP contribution in [0.5, 0.6) is 5.75 Å². The third-order valence-electron chi connectivity index (χ3n) is 3.29. The summed E-state index contributed by atoms with van der Waals surface area (Å²) < 4.78 is 5.13. The SMILES string of the molecule is COc1ccc(Cl)c(C(=O)CN2CCCCC2)c1. The van der Waals surface area contributed by atoms with Gasteiger partial charge in [0.1, 0.15) is 5.75 Å². The van der Waals surface area contributed by atoms with Crippen molar-refractivity contribution in [1.82, 2.24) is 4.90 Å². The number of piperidine rings is 1. The molecule has 0 atom stereocenters. The van der Waals surface area contributed by atoms with Crippen molar-refractivity contribution in [2.24, 2.45) is 0 Å². The summed E-state index contributed by atoms with van der Waals surface area (Å²) in [7, 11) is 1.59. The molecule has 0 amide bonds. The van der Waals surface area contributed by atoms with E-state index in [0.717, 1.165) is 13.1 Å².